The van der Waals surface area contributed by atoms with Crippen LogP contribution in [0.3, 0.4) is 0 Å². The molecule has 3 heterocycles. The molecule has 7 heteroatoms. The molecule has 0 bridgehead atoms. The van der Waals surface area contributed by atoms with Gasteiger partial charge in [-0.15, -0.1) is 0 Å². The van der Waals surface area contributed by atoms with E-state index in [1.807, 2.05) is 12.1 Å². The highest BCUT2D eigenvalue weighted by atomic mass is 16.3. The van der Waals surface area contributed by atoms with Crippen molar-refractivity contribution in [1.29, 1.82) is 0 Å². The highest BCUT2D eigenvalue weighted by Crippen LogP contribution is 2.25. The number of pyridine rings is 1. The lowest BCUT2D eigenvalue weighted by Gasteiger charge is -2.38. The Labute approximate surface area is 140 Å². The van der Waals surface area contributed by atoms with Gasteiger partial charge >= 0.3 is 0 Å². The summed E-state index contributed by atoms with van der Waals surface area (Å²) >= 11 is 0. The largest absolute Gasteiger partial charge is 0.388 e. The zero-order valence-corrected chi connectivity index (χ0v) is 13.7. The number of piperidine rings is 1. The molecule has 3 rings (SSSR count). The number of rotatable bonds is 4. The van der Waals surface area contributed by atoms with Crippen molar-refractivity contribution in [2.24, 2.45) is 0 Å². The van der Waals surface area contributed by atoms with Crippen LogP contribution in [0, 0.1) is 0 Å². The van der Waals surface area contributed by atoms with Gasteiger partial charge in [0.05, 0.1) is 18.4 Å². The molecule has 128 valence electrons. The SMILES string of the molecule is CNC(=O)CC1(O)CCCN(C(=O)Cc2c[nH]c3ncccc23)C1. The van der Waals surface area contributed by atoms with Crippen LogP contribution in [0.2, 0.25) is 0 Å². The molecule has 1 saturated heterocycles. The van der Waals surface area contributed by atoms with Gasteiger partial charge in [0.25, 0.3) is 0 Å². The summed E-state index contributed by atoms with van der Waals surface area (Å²) in [5.74, 6) is -0.260. The van der Waals surface area contributed by atoms with Crippen LogP contribution in [0.5, 0.6) is 0 Å². The Hall–Kier alpha value is -2.41. The maximum absolute atomic E-state index is 12.6. The number of aromatic amines is 1. The van der Waals surface area contributed by atoms with Gasteiger partial charge < -0.3 is 20.3 Å². The minimum atomic E-state index is -1.14. The lowest BCUT2D eigenvalue weighted by Crippen LogP contribution is -2.52. The molecule has 0 spiro atoms. The summed E-state index contributed by atoms with van der Waals surface area (Å²) in [6.45, 7) is 0.801. The predicted molar refractivity (Wildman–Crippen MR) is 89.2 cm³/mol. The molecule has 1 aliphatic rings. The molecule has 1 fully saturated rings. The zero-order valence-electron chi connectivity index (χ0n) is 13.7. The monoisotopic (exact) mass is 330 g/mol. The summed E-state index contributed by atoms with van der Waals surface area (Å²) in [5.41, 5.74) is 0.508. The molecule has 0 radical (unpaired) electrons. The molecular formula is C17H22N4O3. The third-order valence-electron chi connectivity index (χ3n) is 4.55. The Morgan fingerprint density at radius 2 is 2.33 bits per heavy atom. The fourth-order valence-electron chi connectivity index (χ4n) is 3.29. The molecule has 3 N–H and O–H groups in total. The normalized spacial score (nSPS) is 21.0. The van der Waals surface area contributed by atoms with Crippen molar-refractivity contribution in [2.45, 2.75) is 31.3 Å². The summed E-state index contributed by atoms with van der Waals surface area (Å²) in [6.07, 6.45) is 4.99. The lowest BCUT2D eigenvalue weighted by atomic mass is 9.89. The van der Waals surface area contributed by atoms with Gasteiger partial charge in [-0.25, -0.2) is 4.98 Å². The summed E-state index contributed by atoms with van der Waals surface area (Å²) < 4.78 is 0. The number of H-pyrrole nitrogens is 1. The van der Waals surface area contributed by atoms with E-state index in [2.05, 4.69) is 15.3 Å². The highest BCUT2D eigenvalue weighted by molar-refractivity contribution is 5.87. The van der Waals surface area contributed by atoms with E-state index in [9.17, 15) is 14.7 Å². The molecule has 2 amide bonds. The molecule has 2 aromatic rings. The van der Waals surface area contributed by atoms with E-state index in [0.717, 1.165) is 16.6 Å². The average Bonchev–Trinajstić information content (AvgIpc) is 2.97. The molecule has 0 saturated carbocycles. The molecular weight excluding hydrogens is 308 g/mol. The first-order chi connectivity index (χ1) is 11.5. The number of nitrogens with one attached hydrogen (secondary N) is 2. The number of amides is 2. The maximum atomic E-state index is 12.6. The number of β-amino-alcohol motifs (C(OH)–C–C–N with tert-alkyl or cyclic N) is 1. The van der Waals surface area contributed by atoms with Gasteiger partial charge in [0.2, 0.25) is 11.8 Å². The number of fused-ring (bicyclic) bond motifs is 1. The Morgan fingerprint density at radius 3 is 3.12 bits per heavy atom. The summed E-state index contributed by atoms with van der Waals surface area (Å²) in [4.78, 5) is 33.1. The number of hydrogen-bond donors (Lipinski definition) is 3. The summed E-state index contributed by atoms with van der Waals surface area (Å²) in [5, 5.41) is 14.1. The Kier molecular flexibility index (Phi) is 4.53. The van der Waals surface area contributed by atoms with Gasteiger partial charge in [-0.05, 0) is 30.5 Å². The third kappa shape index (κ3) is 3.41. The van der Waals surface area contributed by atoms with Crippen molar-refractivity contribution in [1.82, 2.24) is 20.2 Å². The third-order valence-corrected chi connectivity index (χ3v) is 4.55. The fourth-order valence-corrected chi connectivity index (χ4v) is 3.29. The van der Waals surface area contributed by atoms with Crippen molar-refractivity contribution < 1.29 is 14.7 Å². The first-order valence-electron chi connectivity index (χ1n) is 8.12. The standard InChI is InChI=1S/C17H22N4O3/c1-18-14(22)9-17(24)5-3-7-21(11-17)15(23)8-12-10-20-16-13(12)4-2-6-19-16/h2,4,6,10,24H,3,5,7-9,11H2,1H3,(H,18,22)(H,19,20). The fraction of sp³-hybridized carbons (Fsp3) is 0.471. The second kappa shape index (κ2) is 6.60. The minimum absolute atomic E-state index is 0.0181. The lowest BCUT2D eigenvalue weighted by molar-refractivity contribution is -0.141. The van der Waals surface area contributed by atoms with Crippen LogP contribution in [0.25, 0.3) is 11.0 Å². The van der Waals surface area contributed by atoms with Crippen molar-refractivity contribution in [3.63, 3.8) is 0 Å². The van der Waals surface area contributed by atoms with E-state index >= 15 is 0 Å². The number of carbonyl (C=O) groups excluding carboxylic acids is 2. The Balaban J connectivity index is 1.69. The zero-order chi connectivity index (χ0) is 17.2. The quantitative estimate of drug-likeness (QED) is 0.764. The molecule has 1 aliphatic heterocycles. The number of aromatic nitrogens is 2. The molecule has 1 unspecified atom stereocenters. The second-order valence-electron chi connectivity index (χ2n) is 6.38. The van der Waals surface area contributed by atoms with Crippen molar-refractivity contribution >= 4 is 22.8 Å². The van der Waals surface area contributed by atoms with E-state index in [0.29, 0.717) is 19.4 Å². The highest BCUT2D eigenvalue weighted by Gasteiger charge is 2.36. The van der Waals surface area contributed by atoms with E-state index in [-0.39, 0.29) is 31.2 Å². The first-order valence-corrected chi connectivity index (χ1v) is 8.12. The number of hydrogen-bond acceptors (Lipinski definition) is 4. The van der Waals surface area contributed by atoms with Crippen molar-refractivity contribution in [3.8, 4) is 0 Å². The van der Waals surface area contributed by atoms with Crippen molar-refractivity contribution in [3.05, 3.63) is 30.1 Å². The van der Waals surface area contributed by atoms with E-state index in [1.54, 1.807) is 24.3 Å². The topological polar surface area (TPSA) is 98.3 Å². The Morgan fingerprint density at radius 1 is 1.50 bits per heavy atom. The number of nitrogens with zero attached hydrogens (tertiary/aromatic N) is 2. The summed E-state index contributed by atoms with van der Waals surface area (Å²) in [6, 6.07) is 3.77. The van der Waals surface area contributed by atoms with Gasteiger partial charge in [0, 0.05) is 37.9 Å². The molecule has 0 aromatic carbocycles. The van der Waals surface area contributed by atoms with Crippen molar-refractivity contribution in [2.75, 3.05) is 20.1 Å². The molecule has 24 heavy (non-hydrogen) atoms. The second-order valence-corrected chi connectivity index (χ2v) is 6.38. The first kappa shape index (κ1) is 16.4. The van der Waals surface area contributed by atoms with Gasteiger partial charge in [-0.1, -0.05) is 0 Å². The number of carbonyl (C=O) groups is 2. The Bertz CT molecular complexity index is 757. The van der Waals surface area contributed by atoms with Gasteiger partial charge in [0.15, 0.2) is 0 Å². The van der Waals surface area contributed by atoms with Crippen LogP contribution >= 0.6 is 0 Å². The van der Waals surface area contributed by atoms with Crippen LogP contribution < -0.4 is 5.32 Å². The molecule has 7 nitrogen and oxygen atoms in total. The van der Waals surface area contributed by atoms with Crippen LogP contribution in [0.1, 0.15) is 24.8 Å². The molecule has 1 atom stereocenters. The van der Waals surface area contributed by atoms with Crippen LogP contribution in [-0.4, -0.2) is 57.5 Å². The maximum Gasteiger partial charge on any atom is 0.227 e. The van der Waals surface area contributed by atoms with Gasteiger partial charge in [-0.3, -0.25) is 9.59 Å². The van der Waals surface area contributed by atoms with Crippen LogP contribution in [-0.2, 0) is 16.0 Å². The molecule has 0 aliphatic carbocycles. The van der Waals surface area contributed by atoms with E-state index in [4.69, 9.17) is 0 Å². The smallest absolute Gasteiger partial charge is 0.227 e. The van der Waals surface area contributed by atoms with Gasteiger partial charge in [0.1, 0.15) is 5.65 Å². The van der Waals surface area contributed by atoms with Gasteiger partial charge in [-0.2, -0.15) is 0 Å². The minimum Gasteiger partial charge on any atom is -0.388 e. The van der Waals surface area contributed by atoms with Crippen LogP contribution in [0.4, 0.5) is 0 Å². The van der Waals surface area contributed by atoms with E-state index in [1.165, 1.54) is 0 Å². The number of likely N-dealkylation sites (tertiary alicyclic amines) is 1. The summed E-state index contributed by atoms with van der Waals surface area (Å²) in [7, 11) is 1.54. The molecule has 2 aromatic heterocycles. The number of aliphatic hydroxyl groups is 1. The van der Waals surface area contributed by atoms with E-state index < -0.39 is 5.60 Å². The predicted octanol–water partition coefficient (Wildman–Crippen LogP) is 0.595. The average molecular weight is 330 g/mol. The van der Waals surface area contributed by atoms with Crippen LogP contribution in [0.15, 0.2) is 24.5 Å².